The number of carbonyl (C=O) groups excluding carboxylic acids is 1. The molecule has 0 aromatic heterocycles. The molecular weight excluding hydrogens is 255 g/mol. The van der Waals surface area contributed by atoms with Gasteiger partial charge in [0.2, 0.25) is 0 Å². The topological polar surface area (TPSA) is 72.7 Å². The van der Waals surface area contributed by atoms with Crippen molar-refractivity contribution in [3.63, 3.8) is 0 Å². The van der Waals surface area contributed by atoms with E-state index in [4.69, 9.17) is 0 Å². The van der Waals surface area contributed by atoms with Gasteiger partial charge in [-0.05, 0) is 12.5 Å². The number of hydrogen-bond donors (Lipinski definition) is 0. The fourth-order valence-electron chi connectivity index (χ4n) is 1.64. The molecular formula is C12H15FN2O4. The van der Waals surface area contributed by atoms with Crippen LogP contribution in [0, 0.1) is 15.9 Å². The van der Waals surface area contributed by atoms with Crippen molar-refractivity contribution >= 4 is 17.3 Å². The van der Waals surface area contributed by atoms with Gasteiger partial charge in [0, 0.05) is 32.1 Å². The maximum atomic E-state index is 13.2. The molecule has 0 heterocycles. The highest BCUT2D eigenvalue weighted by atomic mass is 19.1. The number of benzene rings is 1. The molecule has 104 valence electrons. The Hall–Kier alpha value is -2.18. The maximum Gasteiger partial charge on any atom is 0.305 e. The Kier molecular flexibility index (Phi) is 5.23. The Bertz CT molecular complexity index is 479. The highest BCUT2D eigenvalue weighted by Crippen LogP contribution is 2.28. The van der Waals surface area contributed by atoms with Gasteiger partial charge in [0.15, 0.2) is 0 Å². The number of hydrogen-bond acceptors (Lipinski definition) is 5. The minimum Gasteiger partial charge on any atom is -0.469 e. The van der Waals surface area contributed by atoms with Crippen LogP contribution in [0.25, 0.3) is 0 Å². The quantitative estimate of drug-likeness (QED) is 0.450. The van der Waals surface area contributed by atoms with Crippen molar-refractivity contribution in [2.24, 2.45) is 0 Å². The van der Waals surface area contributed by atoms with E-state index >= 15 is 0 Å². The summed E-state index contributed by atoms with van der Waals surface area (Å²) in [5, 5.41) is 10.8. The van der Waals surface area contributed by atoms with E-state index in [0.29, 0.717) is 13.0 Å². The normalized spacial score (nSPS) is 10.1. The van der Waals surface area contributed by atoms with E-state index in [-0.39, 0.29) is 23.8 Å². The zero-order valence-corrected chi connectivity index (χ0v) is 10.8. The number of halogens is 1. The Morgan fingerprint density at radius 2 is 2.21 bits per heavy atom. The van der Waals surface area contributed by atoms with Crippen molar-refractivity contribution in [3.05, 3.63) is 34.1 Å². The molecule has 1 rings (SSSR count). The Labute approximate surface area is 109 Å². The predicted octanol–water partition coefficient (Wildman–Crippen LogP) is 2.12. The van der Waals surface area contributed by atoms with Crippen LogP contribution in [-0.4, -0.2) is 31.6 Å². The summed E-state index contributed by atoms with van der Waals surface area (Å²) < 4.78 is 17.6. The molecule has 0 aliphatic rings. The van der Waals surface area contributed by atoms with Crippen LogP contribution in [-0.2, 0) is 9.53 Å². The minimum atomic E-state index is -0.564. The lowest BCUT2D eigenvalue weighted by molar-refractivity contribution is -0.384. The van der Waals surface area contributed by atoms with Gasteiger partial charge in [-0.25, -0.2) is 4.39 Å². The molecule has 0 saturated carbocycles. The Morgan fingerprint density at radius 3 is 2.79 bits per heavy atom. The number of methoxy groups -OCH3 is 1. The SMILES string of the molecule is COC(=O)CCCN(C)c1cc(F)ccc1[N+](=O)[O-]. The van der Waals surface area contributed by atoms with Gasteiger partial charge in [-0.2, -0.15) is 0 Å². The average molecular weight is 270 g/mol. The van der Waals surface area contributed by atoms with Crippen LogP contribution >= 0.6 is 0 Å². The predicted molar refractivity (Wildman–Crippen MR) is 67.6 cm³/mol. The third-order valence-corrected chi connectivity index (χ3v) is 2.65. The molecule has 0 aliphatic carbocycles. The number of anilines is 1. The number of ether oxygens (including phenoxy) is 1. The number of nitrogens with zero attached hydrogens (tertiary/aromatic N) is 2. The van der Waals surface area contributed by atoms with E-state index in [1.165, 1.54) is 7.11 Å². The molecule has 0 fully saturated rings. The lowest BCUT2D eigenvalue weighted by atomic mass is 10.2. The van der Waals surface area contributed by atoms with Gasteiger partial charge in [0.25, 0.3) is 5.69 Å². The number of nitro benzene ring substituents is 1. The first-order chi connectivity index (χ1) is 8.95. The van der Waals surface area contributed by atoms with Gasteiger partial charge >= 0.3 is 5.97 Å². The van der Waals surface area contributed by atoms with E-state index in [1.807, 2.05) is 0 Å². The summed E-state index contributed by atoms with van der Waals surface area (Å²) >= 11 is 0. The van der Waals surface area contributed by atoms with Crippen molar-refractivity contribution in [2.75, 3.05) is 25.6 Å². The number of nitro groups is 1. The summed E-state index contributed by atoms with van der Waals surface area (Å²) in [6, 6.07) is 3.28. The monoisotopic (exact) mass is 270 g/mol. The zero-order chi connectivity index (χ0) is 14.4. The average Bonchev–Trinajstić information content (AvgIpc) is 2.37. The molecule has 6 nitrogen and oxygen atoms in total. The molecule has 7 heteroatoms. The molecule has 0 saturated heterocycles. The van der Waals surface area contributed by atoms with Crippen LogP contribution in [0.5, 0.6) is 0 Å². The summed E-state index contributed by atoms with van der Waals surface area (Å²) in [5.41, 5.74) is 0.0248. The summed E-state index contributed by atoms with van der Waals surface area (Å²) in [6.45, 7) is 0.388. The molecule has 0 radical (unpaired) electrons. The summed E-state index contributed by atoms with van der Waals surface area (Å²) in [4.78, 5) is 22.8. The molecule has 1 aromatic carbocycles. The molecule has 0 amide bonds. The van der Waals surface area contributed by atoms with Crippen molar-refractivity contribution in [2.45, 2.75) is 12.8 Å². The van der Waals surface area contributed by atoms with Crippen LogP contribution in [0.4, 0.5) is 15.8 Å². The molecule has 0 bridgehead atoms. The number of carbonyl (C=O) groups is 1. The molecule has 0 spiro atoms. The minimum absolute atomic E-state index is 0.165. The Morgan fingerprint density at radius 1 is 1.53 bits per heavy atom. The molecule has 19 heavy (non-hydrogen) atoms. The summed E-state index contributed by atoms with van der Waals surface area (Å²) in [7, 11) is 2.91. The van der Waals surface area contributed by atoms with E-state index < -0.39 is 10.7 Å². The number of esters is 1. The smallest absolute Gasteiger partial charge is 0.305 e. The summed E-state index contributed by atoms with van der Waals surface area (Å²) in [5.74, 6) is -0.887. The highest BCUT2D eigenvalue weighted by molar-refractivity contribution is 5.69. The van der Waals surface area contributed by atoms with Crippen molar-refractivity contribution < 1.29 is 18.8 Å². The van der Waals surface area contributed by atoms with Gasteiger partial charge in [-0.1, -0.05) is 0 Å². The van der Waals surface area contributed by atoms with Crippen molar-refractivity contribution in [3.8, 4) is 0 Å². The molecule has 1 aromatic rings. The van der Waals surface area contributed by atoms with E-state index in [2.05, 4.69) is 4.74 Å². The second kappa shape index (κ2) is 6.67. The van der Waals surface area contributed by atoms with Crippen molar-refractivity contribution in [1.82, 2.24) is 0 Å². The van der Waals surface area contributed by atoms with Gasteiger partial charge in [0.05, 0.1) is 12.0 Å². The van der Waals surface area contributed by atoms with E-state index in [9.17, 15) is 19.3 Å². The highest BCUT2D eigenvalue weighted by Gasteiger charge is 2.17. The zero-order valence-electron chi connectivity index (χ0n) is 10.8. The number of rotatable bonds is 6. The van der Waals surface area contributed by atoms with Gasteiger partial charge in [-0.3, -0.25) is 14.9 Å². The van der Waals surface area contributed by atoms with Crippen LogP contribution in [0.3, 0.4) is 0 Å². The molecule has 0 N–H and O–H groups in total. The van der Waals surface area contributed by atoms with Crippen LogP contribution in [0.15, 0.2) is 18.2 Å². The lowest BCUT2D eigenvalue weighted by Gasteiger charge is -2.18. The standard InChI is InChI=1S/C12H15FN2O4/c1-14(7-3-4-12(16)19-2)11-8-9(13)5-6-10(11)15(17)18/h5-6,8H,3-4,7H2,1-2H3. The second-order valence-corrected chi connectivity index (χ2v) is 3.99. The first-order valence-electron chi connectivity index (χ1n) is 5.67. The molecule has 0 unspecified atom stereocenters. The molecule has 0 atom stereocenters. The third-order valence-electron chi connectivity index (χ3n) is 2.65. The van der Waals surface area contributed by atoms with Crippen LogP contribution in [0.2, 0.25) is 0 Å². The lowest BCUT2D eigenvalue weighted by Crippen LogP contribution is -2.20. The van der Waals surface area contributed by atoms with E-state index in [1.54, 1.807) is 11.9 Å². The van der Waals surface area contributed by atoms with Crippen molar-refractivity contribution in [1.29, 1.82) is 0 Å². The fourth-order valence-corrected chi connectivity index (χ4v) is 1.64. The first-order valence-corrected chi connectivity index (χ1v) is 5.67. The largest absolute Gasteiger partial charge is 0.469 e. The maximum absolute atomic E-state index is 13.2. The van der Waals surface area contributed by atoms with E-state index in [0.717, 1.165) is 18.2 Å². The first kappa shape index (κ1) is 14.9. The third kappa shape index (κ3) is 4.20. The van der Waals surface area contributed by atoms with Gasteiger partial charge in [-0.15, -0.1) is 0 Å². The van der Waals surface area contributed by atoms with Gasteiger partial charge in [0.1, 0.15) is 11.5 Å². The molecule has 0 aliphatic heterocycles. The van der Waals surface area contributed by atoms with Crippen LogP contribution < -0.4 is 4.90 Å². The van der Waals surface area contributed by atoms with Crippen LogP contribution in [0.1, 0.15) is 12.8 Å². The fraction of sp³-hybridized carbons (Fsp3) is 0.417. The Balaban J connectivity index is 2.75. The second-order valence-electron chi connectivity index (χ2n) is 3.99. The summed E-state index contributed by atoms with van der Waals surface area (Å²) in [6.07, 6.45) is 0.681. The van der Waals surface area contributed by atoms with Gasteiger partial charge < -0.3 is 9.64 Å².